The highest BCUT2D eigenvalue weighted by Gasteiger charge is 2.33. The number of halogens is 1. The topological polar surface area (TPSA) is 106 Å². The number of aliphatic hydroxyl groups excluding tert-OH is 1. The van der Waals surface area contributed by atoms with Gasteiger partial charge in [-0.1, -0.05) is 11.6 Å². The van der Waals surface area contributed by atoms with Crippen molar-refractivity contribution in [2.75, 3.05) is 32.0 Å². The van der Waals surface area contributed by atoms with Crippen LogP contribution in [0.1, 0.15) is 15.9 Å². The molecule has 2 unspecified atom stereocenters. The maximum absolute atomic E-state index is 12.8. The molecule has 8 nitrogen and oxygen atoms in total. The molecule has 1 aliphatic heterocycles. The Kier molecular flexibility index (Phi) is 6.14. The fraction of sp³-hybridized carbons (Fsp3) is 0.300. The first-order valence-electron chi connectivity index (χ1n) is 8.76. The van der Waals surface area contributed by atoms with Gasteiger partial charge in [0.05, 0.1) is 43.5 Å². The Bertz CT molecular complexity index is 949. The quantitative estimate of drug-likeness (QED) is 0.638. The van der Waals surface area contributed by atoms with Crippen LogP contribution in [0.2, 0.25) is 5.02 Å². The molecule has 29 heavy (non-hydrogen) atoms. The Hall–Kier alpha value is -2.97. The zero-order valence-corrected chi connectivity index (χ0v) is 16.9. The van der Waals surface area contributed by atoms with Gasteiger partial charge in [0.1, 0.15) is 6.23 Å². The molecule has 0 radical (unpaired) electrons. The standard InChI is InChI=1S/C20H21ClN2O6/c1-27-16-8-11-6-12(18(24)22-14(11)9-17(16)28-2)19(25)23-15-7-10(20(26)29-3)4-5-13(15)21/h4-5,7-9,12,18,22,24H,6H2,1-3H3,(H,23,25). The number of benzene rings is 2. The fourth-order valence-electron chi connectivity index (χ4n) is 3.16. The van der Waals surface area contributed by atoms with Crippen LogP contribution in [0.25, 0.3) is 0 Å². The van der Waals surface area contributed by atoms with E-state index in [1.165, 1.54) is 39.5 Å². The molecule has 9 heteroatoms. The van der Waals surface area contributed by atoms with Crippen LogP contribution in [0.4, 0.5) is 11.4 Å². The highest BCUT2D eigenvalue weighted by Crippen LogP contribution is 2.38. The number of hydrogen-bond donors (Lipinski definition) is 3. The van der Waals surface area contributed by atoms with Crippen LogP contribution in [0.5, 0.6) is 11.5 Å². The van der Waals surface area contributed by atoms with E-state index in [9.17, 15) is 14.7 Å². The number of ether oxygens (including phenoxy) is 3. The van der Waals surface area contributed by atoms with E-state index in [2.05, 4.69) is 15.4 Å². The molecule has 0 aromatic heterocycles. The van der Waals surface area contributed by atoms with E-state index in [1.54, 1.807) is 12.1 Å². The smallest absolute Gasteiger partial charge is 0.337 e. The van der Waals surface area contributed by atoms with Gasteiger partial charge < -0.3 is 30.0 Å². The molecular weight excluding hydrogens is 400 g/mol. The average Bonchev–Trinajstić information content (AvgIpc) is 2.73. The lowest BCUT2D eigenvalue weighted by Crippen LogP contribution is -2.42. The van der Waals surface area contributed by atoms with Gasteiger partial charge in [-0.3, -0.25) is 4.79 Å². The number of fused-ring (bicyclic) bond motifs is 1. The van der Waals surface area contributed by atoms with Crippen LogP contribution in [-0.2, 0) is 16.0 Å². The van der Waals surface area contributed by atoms with Gasteiger partial charge in [-0.25, -0.2) is 4.79 Å². The number of nitrogens with one attached hydrogen (secondary N) is 2. The van der Waals surface area contributed by atoms with Crippen LogP contribution in [0, 0.1) is 5.92 Å². The maximum atomic E-state index is 12.8. The normalized spacial score (nSPS) is 17.6. The molecule has 0 bridgehead atoms. The molecule has 0 saturated carbocycles. The second-order valence-electron chi connectivity index (χ2n) is 6.44. The minimum absolute atomic E-state index is 0.247. The van der Waals surface area contributed by atoms with Crippen molar-refractivity contribution < 1.29 is 28.9 Å². The molecule has 1 heterocycles. The van der Waals surface area contributed by atoms with Crippen molar-refractivity contribution >= 4 is 34.9 Å². The van der Waals surface area contributed by atoms with Gasteiger partial charge in [-0.05, 0) is 36.2 Å². The van der Waals surface area contributed by atoms with Gasteiger partial charge in [0.15, 0.2) is 11.5 Å². The minimum atomic E-state index is -1.12. The van der Waals surface area contributed by atoms with Crippen LogP contribution in [-0.4, -0.2) is 44.5 Å². The fourth-order valence-corrected chi connectivity index (χ4v) is 3.32. The third kappa shape index (κ3) is 4.23. The van der Waals surface area contributed by atoms with Crippen LogP contribution < -0.4 is 20.1 Å². The van der Waals surface area contributed by atoms with E-state index in [0.29, 0.717) is 17.2 Å². The number of amides is 1. The molecule has 0 spiro atoms. The lowest BCUT2D eigenvalue weighted by atomic mass is 9.91. The molecular formula is C20H21ClN2O6. The van der Waals surface area contributed by atoms with Crippen molar-refractivity contribution in [3.8, 4) is 11.5 Å². The van der Waals surface area contributed by atoms with E-state index < -0.39 is 24.0 Å². The summed E-state index contributed by atoms with van der Waals surface area (Å²) in [5, 5.41) is 16.3. The summed E-state index contributed by atoms with van der Waals surface area (Å²) in [4.78, 5) is 24.5. The van der Waals surface area contributed by atoms with Crippen LogP contribution in [0.3, 0.4) is 0 Å². The van der Waals surface area contributed by atoms with E-state index in [1.807, 2.05) is 0 Å². The zero-order valence-electron chi connectivity index (χ0n) is 16.1. The number of methoxy groups -OCH3 is 3. The summed E-state index contributed by atoms with van der Waals surface area (Å²) < 4.78 is 15.3. The summed E-state index contributed by atoms with van der Waals surface area (Å²) in [6.07, 6.45) is -0.854. The van der Waals surface area contributed by atoms with Gasteiger partial charge in [0.25, 0.3) is 0 Å². The molecule has 154 valence electrons. The molecule has 0 saturated heterocycles. The second-order valence-corrected chi connectivity index (χ2v) is 6.85. The summed E-state index contributed by atoms with van der Waals surface area (Å²) in [7, 11) is 4.31. The summed E-state index contributed by atoms with van der Waals surface area (Å²) in [6.45, 7) is 0. The number of carbonyl (C=O) groups excluding carboxylic acids is 2. The first-order valence-corrected chi connectivity index (χ1v) is 9.14. The molecule has 2 aromatic carbocycles. The highest BCUT2D eigenvalue weighted by atomic mass is 35.5. The first-order chi connectivity index (χ1) is 13.9. The number of carbonyl (C=O) groups is 2. The van der Waals surface area contributed by atoms with Gasteiger partial charge in [-0.15, -0.1) is 0 Å². The minimum Gasteiger partial charge on any atom is -0.493 e. The monoisotopic (exact) mass is 420 g/mol. The molecule has 0 aliphatic carbocycles. The summed E-state index contributed by atoms with van der Waals surface area (Å²) in [5.74, 6) is -0.753. The molecule has 3 N–H and O–H groups in total. The Morgan fingerprint density at radius 2 is 1.83 bits per heavy atom. The number of rotatable bonds is 5. The Morgan fingerprint density at radius 3 is 2.48 bits per heavy atom. The van der Waals surface area contributed by atoms with Crippen LogP contribution >= 0.6 is 11.6 Å². The molecule has 1 amide bonds. The Morgan fingerprint density at radius 1 is 1.14 bits per heavy atom. The molecule has 3 rings (SSSR count). The van der Waals surface area contributed by atoms with E-state index in [4.69, 9.17) is 21.1 Å². The summed E-state index contributed by atoms with van der Waals surface area (Å²) in [5.41, 5.74) is 1.95. The summed E-state index contributed by atoms with van der Waals surface area (Å²) in [6, 6.07) is 7.89. The number of aliphatic hydroxyl groups is 1. The van der Waals surface area contributed by atoms with Crippen molar-refractivity contribution in [2.24, 2.45) is 5.92 Å². The first kappa shape index (κ1) is 20.8. The van der Waals surface area contributed by atoms with Gasteiger partial charge >= 0.3 is 5.97 Å². The Balaban J connectivity index is 1.83. The van der Waals surface area contributed by atoms with E-state index >= 15 is 0 Å². The maximum Gasteiger partial charge on any atom is 0.337 e. The predicted octanol–water partition coefficient (Wildman–Crippen LogP) is 2.69. The molecule has 2 aromatic rings. The van der Waals surface area contributed by atoms with Crippen molar-refractivity contribution in [2.45, 2.75) is 12.6 Å². The van der Waals surface area contributed by atoms with Crippen molar-refractivity contribution in [3.05, 3.63) is 46.5 Å². The van der Waals surface area contributed by atoms with E-state index in [0.717, 1.165) is 5.56 Å². The zero-order chi connectivity index (χ0) is 21.1. The van der Waals surface area contributed by atoms with Gasteiger partial charge in [0.2, 0.25) is 5.91 Å². The third-order valence-electron chi connectivity index (χ3n) is 4.72. The van der Waals surface area contributed by atoms with Gasteiger partial charge in [-0.2, -0.15) is 0 Å². The molecule has 1 aliphatic rings. The SMILES string of the molecule is COC(=O)c1ccc(Cl)c(NC(=O)C2Cc3cc(OC)c(OC)cc3NC2O)c1. The highest BCUT2D eigenvalue weighted by molar-refractivity contribution is 6.33. The van der Waals surface area contributed by atoms with Crippen LogP contribution in [0.15, 0.2) is 30.3 Å². The second kappa shape index (κ2) is 8.59. The number of anilines is 2. The van der Waals surface area contributed by atoms with Crippen molar-refractivity contribution in [1.82, 2.24) is 0 Å². The summed E-state index contributed by atoms with van der Waals surface area (Å²) >= 11 is 6.14. The van der Waals surface area contributed by atoms with Gasteiger partial charge in [0, 0.05) is 11.8 Å². The number of hydrogen-bond acceptors (Lipinski definition) is 7. The molecule has 0 fully saturated rings. The third-order valence-corrected chi connectivity index (χ3v) is 5.05. The van der Waals surface area contributed by atoms with Crippen molar-refractivity contribution in [1.29, 1.82) is 0 Å². The molecule has 2 atom stereocenters. The average molecular weight is 421 g/mol. The largest absolute Gasteiger partial charge is 0.493 e. The van der Waals surface area contributed by atoms with E-state index in [-0.39, 0.29) is 22.7 Å². The lowest BCUT2D eigenvalue weighted by Gasteiger charge is -2.31. The number of esters is 1. The Labute approximate surface area is 172 Å². The lowest BCUT2D eigenvalue weighted by molar-refractivity contribution is -0.122. The van der Waals surface area contributed by atoms with Crippen molar-refractivity contribution in [3.63, 3.8) is 0 Å². The predicted molar refractivity (Wildman–Crippen MR) is 108 cm³/mol.